The van der Waals surface area contributed by atoms with E-state index in [-0.39, 0.29) is 23.3 Å². The second kappa shape index (κ2) is 14.7. The molecule has 0 spiro atoms. The van der Waals surface area contributed by atoms with Crippen molar-refractivity contribution in [3.05, 3.63) is 83.9 Å². The minimum Gasteiger partial charge on any atom is -0.497 e. The summed E-state index contributed by atoms with van der Waals surface area (Å²) in [6, 6.07) is 19.3. The van der Waals surface area contributed by atoms with Crippen LogP contribution in [-0.4, -0.2) is 58.0 Å². The third-order valence-corrected chi connectivity index (χ3v) is 8.48. The van der Waals surface area contributed by atoms with Crippen molar-refractivity contribution in [1.82, 2.24) is 10.2 Å². The van der Waals surface area contributed by atoms with Gasteiger partial charge in [0.1, 0.15) is 24.1 Å². The highest BCUT2D eigenvalue weighted by Crippen LogP contribution is 2.26. The van der Waals surface area contributed by atoms with Gasteiger partial charge in [-0.25, -0.2) is 8.42 Å². The van der Waals surface area contributed by atoms with E-state index in [9.17, 15) is 18.0 Å². The van der Waals surface area contributed by atoms with E-state index in [1.54, 1.807) is 62.6 Å². The molecule has 1 N–H and O–H groups in total. The van der Waals surface area contributed by atoms with Crippen molar-refractivity contribution in [1.29, 1.82) is 0 Å². The van der Waals surface area contributed by atoms with Crippen LogP contribution >= 0.6 is 0 Å². The smallest absolute Gasteiger partial charge is 0.264 e. The maximum atomic E-state index is 14.0. The summed E-state index contributed by atoms with van der Waals surface area (Å²) in [5.41, 5.74) is 2.05. The third-order valence-electron chi connectivity index (χ3n) is 6.69. The highest BCUT2D eigenvalue weighted by Gasteiger charge is 2.32. The average molecular weight is 596 g/mol. The number of carbonyl (C=O) groups excluding carboxylic acids is 2. The SMILES string of the molecule is CCOc1ccc(S(=O)(=O)N(CC(=O)N(Cc2ccc(OC)cc2)[C@@H](C)C(=O)NCC(C)C)c2ccc(C)cc2)cc1. The van der Waals surface area contributed by atoms with Gasteiger partial charge in [0.15, 0.2) is 0 Å². The number of aryl methyl sites for hydroxylation is 1. The lowest BCUT2D eigenvalue weighted by atomic mass is 10.1. The van der Waals surface area contributed by atoms with Gasteiger partial charge in [0, 0.05) is 13.1 Å². The predicted molar refractivity (Wildman–Crippen MR) is 164 cm³/mol. The molecule has 0 unspecified atom stereocenters. The number of anilines is 1. The van der Waals surface area contributed by atoms with Crippen LogP contribution < -0.4 is 19.1 Å². The van der Waals surface area contributed by atoms with Crippen molar-refractivity contribution >= 4 is 27.5 Å². The Labute approximate surface area is 249 Å². The highest BCUT2D eigenvalue weighted by molar-refractivity contribution is 7.92. The molecule has 0 aromatic heterocycles. The molecule has 0 saturated heterocycles. The van der Waals surface area contributed by atoms with Gasteiger partial charge in [0.05, 0.1) is 24.3 Å². The van der Waals surface area contributed by atoms with Crippen molar-refractivity contribution in [3.8, 4) is 11.5 Å². The lowest BCUT2D eigenvalue weighted by molar-refractivity contribution is -0.139. The zero-order valence-corrected chi connectivity index (χ0v) is 26.0. The Kier molecular flexibility index (Phi) is 11.4. The highest BCUT2D eigenvalue weighted by atomic mass is 32.2. The van der Waals surface area contributed by atoms with Crippen LogP contribution in [0.15, 0.2) is 77.7 Å². The van der Waals surface area contributed by atoms with Gasteiger partial charge in [-0.15, -0.1) is 0 Å². The summed E-state index contributed by atoms with van der Waals surface area (Å²) in [7, 11) is -2.60. The zero-order chi connectivity index (χ0) is 30.9. The minimum absolute atomic E-state index is 0.0174. The summed E-state index contributed by atoms with van der Waals surface area (Å²) in [4.78, 5) is 28.6. The van der Waals surface area contributed by atoms with Gasteiger partial charge in [-0.3, -0.25) is 13.9 Å². The van der Waals surface area contributed by atoms with E-state index in [0.29, 0.717) is 30.3 Å². The fourth-order valence-electron chi connectivity index (χ4n) is 4.20. The summed E-state index contributed by atoms with van der Waals surface area (Å²) in [5, 5.41) is 2.89. The lowest BCUT2D eigenvalue weighted by Gasteiger charge is -2.32. The van der Waals surface area contributed by atoms with Crippen LogP contribution in [0, 0.1) is 12.8 Å². The Morgan fingerprint density at radius 1 is 0.881 bits per heavy atom. The van der Waals surface area contributed by atoms with Crippen LogP contribution in [0.25, 0.3) is 0 Å². The van der Waals surface area contributed by atoms with E-state index < -0.39 is 28.5 Å². The Hall–Kier alpha value is -4.05. The van der Waals surface area contributed by atoms with Crippen LogP contribution in [0.4, 0.5) is 5.69 Å². The van der Waals surface area contributed by atoms with Crippen molar-refractivity contribution in [2.24, 2.45) is 5.92 Å². The molecule has 3 rings (SSSR count). The number of amides is 2. The monoisotopic (exact) mass is 595 g/mol. The molecule has 0 radical (unpaired) electrons. The first kappa shape index (κ1) is 32.5. The Morgan fingerprint density at radius 3 is 2.02 bits per heavy atom. The van der Waals surface area contributed by atoms with Crippen LogP contribution in [0.1, 0.15) is 38.8 Å². The van der Waals surface area contributed by atoms with E-state index in [4.69, 9.17) is 9.47 Å². The number of nitrogens with one attached hydrogen (secondary N) is 1. The molecule has 0 aliphatic heterocycles. The maximum absolute atomic E-state index is 14.0. The standard InChI is InChI=1S/C32H41N3O6S/c1-7-41-29-16-18-30(19-17-29)42(38,39)35(27-12-8-24(4)9-13-27)22-31(36)34(25(5)32(37)33-20-23(2)3)21-26-10-14-28(40-6)15-11-26/h8-19,23,25H,7,20-22H2,1-6H3,(H,33,37)/t25-/m0/s1. The summed E-state index contributed by atoms with van der Waals surface area (Å²) in [6.45, 7) is 9.85. The molecule has 42 heavy (non-hydrogen) atoms. The summed E-state index contributed by atoms with van der Waals surface area (Å²) < 4.78 is 39.8. The van der Waals surface area contributed by atoms with Crippen LogP contribution in [0.2, 0.25) is 0 Å². The number of ether oxygens (including phenoxy) is 2. The fraction of sp³-hybridized carbons (Fsp3) is 0.375. The molecule has 0 saturated carbocycles. The zero-order valence-electron chi connectivity index (χ0n) is 25.2. The molecular formula is C32H41N3O6S. The number of hydrogen-bond acceptors (Lipinski definition) is 6. The van der Waals surface area contributed by atoms with Crippen molar-refractivity contribution in [2.45, 2.75) is 52.1 Å². The molecule has 0 heterocycles. The Bertz CT molecular complexity index is 1420. The Morgan fingerprint density at radius 2 is 1.48 bits per heavy atom. The van der Waals surface area contributed by atoms with E-state index in [1.807, 2.05) is 39.8 Å². The largest absolute Gasteiger partial charge is 0.497 e. The van der Waals surface area contributed by atoms with Crippen molar-refractivity contribution in [2.75, 3.05) is 31.1 Å². The lowest BCUT2D eigenvalue weighted by Crippen LogP contribution is -2.51. The maximum Gasteiger partial charge on any atom is 0.264 e. The predicted octanol–water partition coefficient (Wildman–Crippen LogP) is 4.79. The number of hydrogen-bond donors (Lipinski definition) is 1. The molecule has 226 valence electrons. The van der Waals surface area contributed by atoms with E-state index in [2.05, 4.69) is 5.32 Å². The molecule has 0 aliphatic carbocycles. The molecule has 10 heteroatoms. The van der Waals surface area contributed by atoms with Crippen molar-refractivity contribution in [3.63, 3.8) is 0 Å². The second-order valence-electron chi connectivity index (χ2n) is 10.4. The van der Waals surface area contributed by atoms with Crippen molar-refractivity contribution < 1.29 is 27.5 Å². The van der Waals surface area contributed by atoms with E-state index >= 15 is 0 Å². The second-order valence-corrected chi connectivity index (χ2v) is 12.3. The van der Waals surface area contributed by atoms with Gasteiger partial charge < -0.3 is 19.7 Å². The molecular weight excluding hydrogens is 554 g/mol. The number of benzene rings is 3. The molecule has 3 aromatic rings. The first-order valence-corrected chi connectivity index (χ1v) is 15.4. The topological polar surface area (TPSA) is 105 Å². The first-order chi connectivity index (χ1) is 20.0. The normalized spacial score (nSPS) is 12.0. The Balaban J connectivity index is 2.00. The van der Waals surface area contributed by atoms with E-state index in [1.165, 1.54) is 17.0 Å². The van der Waals surface area contributed by atoms with Gasteiger partial charge in [-0.1, -0.05) is 43.7 Å². The van der Waals surface area contributed by atoms with Gasteiger partial charge in [-0.2, -0.15) is 0 Å². The molecule has 0 bridgehead atoms. The number of rotatable bonds is 14. The molecule has 3 aromatic carbocycles. The quantitative estimate of drug-likeness (QED) is 0.288. The third kappa shape index (κ3) is 8.48. The average Bonchev–Trinajstić information content (AvgIpc) is 2.98. The summed E-state index contributed by atoms with van der Waals surface area (Å²) in [6.07, 6.45) is 0. The van der Waals surface area contributed by atoms with Crippen LogP contribution in [-0.2, 0) is 26.2 Å². The first-order valence-electron chi connectivity index (χ1n) is 14.0. The number of nitrogens with zero attached hydrogens (tertiary/aromatic N) is 2. The van der Waals surface area contributed by atoms with Gasteiger partial charge in [0.2, 0.25) is 11.8 Å². The van der Waals surface area contributed by atoms with E-state index in [0.717, 1.165) is 15.4 Å². The molecule has 0 fully saturated rings. The molecule has 9 nitrogen and oxygen atoms in total. The molecule has 0 aliphatic rings. The molecule has 1 atom stereocenters. The number of sulfonamides is 1. The van der Waals surface area contributed by atoms with Gasteiger partial charge in [0.25, 0.3) is 10.0 Å². The van der Waals surface area contributed by atoms with Crippen LogP contribution in [0.3, 0.4) is 0 Å². The summed E-state index contributed by atoms with van der Waals surface area (Å²) in [5.74, 6) is 0.589. The van der Waals surface area contributed by atoms with Gasteiger partial charge in [-0.05, 0) is 80.8 Å². The van der Waals surface area contributed by atoms with Crippen LogP contribution in [0.5, 0.6) is 11.5 Å². The molecule has 2 amide bonds. The number of carbonyl (C=O) groups is 2. The fourth-order valence-corrected chi connectivity index (χ4v) is 5.62. The number of methoxy groups -OCH3 is 1. The summed E-state index contributed by atoms with van der Waals surface area (Å²) >= 11 is 0. The van der Waals surface area contributed by atoms with Gasteiger partial charge >= 0.3 is 0 Å². The minimum atomic E-state index is -4.16.